The van der Waals surface area contributed by atoms with E-state index in [0.717, 1.165) is 17.7 Å². The smallest absolute Gasteiger partial charge is 0.322 e. The van der Waals surface area contributed by atoms with E-state index in [2.05, 4.69) is 10.6 Å². The number of methoxy groups -OCH3 is 1. The Hall–Kier alpha value is -5.33. The van der Waals surface area contributed by atoms with E-state index in [4.69, 9.17) is 9.72 Å². The topological polar surface area (TPSA) is 132 Å². The van der Waals surface area contributed by atoms with Gasteiger partial charge in [0.2, 0.25) is 5.95 Å². The minimum absolute atomic E-state index is 0.0687. The molecule has 2 heterocycles. The van der Waals surface area contributed by atoms with Gasteiger partial charge in [-0.25, -0.2) is 23.1 Å². The maximum absolute atomic E-state index is 13.8. The molecule has 0 saturated carbocycles. The number of ether oxygens (including phenoxy) is 1. The molecule has 0 radical (unpaired) electrons. The zero-order chi connectivity index (χ0) is 29.1. The fourth-order valence-electron chi connectivity index (χ4n) is 4.43. The molecule has 1 aromatic heterocycles. The summed E-state index contributed by atoms with van der Waals surface area (Å²) in [6, 6.07) is 15.2. The first-order valence-electron chi connectivity index (χ1n) is 12.5. The molecule has 13 heteroatoms. The van der Waals surface area contributed by atoms with Crippen molar-refractivity contribution >= 4 is 23.4 Å². The van der Waals surface area contributed by atoms with Crippen LogP contribution in [0, 0.1) is 21.7 Å². The van der Waals surface area contributed by atoms with Gasteiger partial charge in [0.25, 0.3) is 11.2 Å². The second kappa shape index (κ2) is 11.4. The van der Waals surface area contributed by atoms with E-state index >= 15 is 0 Å². The molecular weight excluding hydrogens is 538 g/mol. The zero-order valence-corrected chi connectivity index (χ0v) is 21.8. The fourth-order valence-corrected chi connectivity index (χ4v) is 4.43. The maximum atomic E-state index is 13.8. The lowest BCUT2D eigenvalue weighted by Gasteiger charge is -2.29. The third kappa shape index (κ3) is 5.83. The van der Waals surface area contributed by atoms with E-state index in [1.165, 1.54) is 39.8 Å². The van der Waals surface area contributed by atoms with Crippen LogP contribution in [-0.4, -0.2) is 39.1 Å². The summed E-state index contributed by atoms with van der Waals surface area (Å²) >= 11 is 0. The summed E-state index contributed by atoms with van der Waals surface area (Å²) in [5.41, 5.74) is 1.49. The van der Waals surface area contributed by atoms with Gasteiger partial charge in [0.05, 0.1) is 35.5 Å². The second-order valence-electron chi connectivity index (χ2n) is 9.21. The van der Waals surface area contributed by atoms with Crippen LogP contribution in [0.15, 0.2) is 71.5 Å². The standard InChI is InChI=1S/C28H24F2N6O5/c1-41-21-9-2-17(3-10-21)15-31-27-33-25-12-13-34(28(38)32-18-4-11-23(29)24(30)14-18)16-22(25)26(37)35(27)19-5-7-20(8-6-19)36(39)40/h2-11,14H,12-13,15-16H2,1H3,(H,31,33)(H,32,38). The molecule has 41 heavy (non-hydrogen) atoms. The van der Waals surface area contributed by atoms with Gasteiger partial charge in [-0.2, -0.15) is 0 Å². The van der Waals surface area contributed by atoms with E-state index in [1.807, 2.05) is 12.1 Å². The van der Waals surface area contributed by atoms with Gasteiger partial charge in [-0.1, -0.05) is 12.1 Å². The van der Waals surface area contributed by atoms with Crippen molar-refractivity contribution in [2.45, 2.75) is 19.5 Å². The van der Waals surface area contributed by atoms with E-state index < -0.39 is 28.1 Å². The predicted molar refractivity (Wildman–Crippen MR) is 146 cm³/mol. The fraction of sp³-hybridized carbons (Fsp3) is 0.179. The molecule has 1 aliphatic heterocycles. The number of fused-ring (bicyclic) bond motifs is 1. The number of hydrogen-bond acceptors (Lipinski definition) is 7. The van der Waals surface area contributed by atoms with Crippen molar-refractivity contribution in [1.82, 2.24) is 14.5 Å². The lowest BCUT2D eigenvalue weighted by atomic mass is 10.1. The Bertz CT molecular complexity index is 1680. The average Bonchev–Trinajstić information content (AvgIpc) is 2.98. The highest BCUT2D eigenvalue weighted by molar-refractivity contribution is 5.89. The van der Waals surface area contributed by atoms with Gasteiger partial charge in [-0.3, -0.25) is 14.9 Å². The highest BCUT2D eigenvalue weighted by atomic mass is 19.2. The first kappa shape index (κ1) is 27.2. The van der Waals surface area contributed by atoms with E-state index in [0.29, 0.717) is 23.7 Å². The number of hydrogen-bond donors (Lipinski definition) is 2. The number of benzene rings is 3. The van der Waals surface area contributed by atoms with Gasteiger partial charge in [0, 0.05) is 43.4 Å². The third-order valence-electron chi connectivity index (χ3n) is 6.62. The van der Waals surface area contributed by atoms with Crippen molar-refractivity contribution in [3.05, 3.63) is 116 Å². The van der Waals surface area contributed by atoms with Crippen molar-refractivity contribution in [3.8, 4) is 11.4 Å². The Kier molecular flexibility index (Phi) is 7.59. The number of urea groups is 1. The van der Waals surface area contributed by atoms with Gasteiger partial charge in [-0.15, -0.1) is 0 Å². The molecule has 2 amide bonds. The number of non-ortho nitro benzene ring substituents is 1. The minimum Gasteiger partial charge on any atom is -0.497 e. The third-order valence-corrected chi connectivity index (χ3v) is 6.62. The Morgan fingerprint density at radius 3 is 2.46 bits per heavy atom. The van der Waals surface area contributed by atoms with Crippen molar-refractivity contribution < 1.29 is 23.2 Å². The van der Waals surface area contributed by atoms with Crippen LogP contribution in [0.2, 0.25) is 0 Å². The van der Waals surface area contributed by atoms with E-state index in [-0.39, 0.29) is 42.4 Å². The summed E-state index contributed by atoms with van der Waals surface area (Å²) in [5, 5.41) is 16.9. The quantitative estimate of drug-likeness (QED) is 0.248. The van der Waals surface area contributed by atoms with E-state index in [9.17, 15) is 28.5 Å². The lowest BCUT2D eigenvalue weighted by molar-refractivity contribution is -0.384. The van der Waals surface area contributed by atoms with Gasteiger partial charge in [-0.05, 0) is 42.0 Å². The van der Waals surface area contributed by atoms with Crippen molar-refractivity contribution in [1.29, 1.82) is 0 Å². The second-order valence-corrected chi connectivity index (χ2v) is 9.21. The molecule has 0 aliphatic carbocycles. The summed E-state index contributed by atoms with van der Waals surface area (Å²) < 4.78 is 33.4. The molecular formula is C28H24F2N6O5. The molecule has 2 N–H and O–H groups in total. The molecule has 0 spiro atoms. The number of amides is 2. The Morgan fingerprint density at radius 1 is 1.07 bits per heavy atom. The number of nitro benzene ring substituents is 1. The first-order chi connectivity index (χ1) is 19.7. The van der Waals surface area contributed by atoms with Crippen molar-refractivity contribution in [2.24, 2.45) is 0 Å². The molecule has 0 atom stereocenters. The Morgan fingerprint density at radius 2 is 1.80 bits per heavy atom. The molecule has 11 nitrogen and oxygen atoms in total. The van der Waals surface area contributed by atoms with Gasteiger partial charge in [0.15, 0.2) is 11.6 Å². The van der Waals surface area contributed by atoms with Crippen LogP contribution < -0.4 is 20.9 Å². The molecule has 210 valence electrons. The van der Waals surface area contributed by atoms with Gasteiger partial charge >= 0.3 is 6.03 Å². The summed E-state index contributed by atoms with van der Waals surface area (Å²) in [6.45, 7) is 0.474. The largest absolute Gasteiger partial charge is 0.497 e. The number of carbonyl (C=O) groups is 1. The van der Waals surface area contributed by atoms with E-state index in [1.54, 1.807) is 19.2 Å². The Labute approximate surface area is 232 Å². The highest BCUT2D eigenvalue weighted by Crippen LogP contribution is 2.23. The normalized spacial score (nSPS) is 12.4. The summed E-state index contributed by atoms with van der Waals surface area (Å²) in [7, 11) is 1.57. The monoisotopic (exact) mass is 562 g/mol. The van der Waals surface area contributed by atoms with Crippen LogP contribution in [0.25, 0.3) is 5.69 Å². The summed E-state index contributed by atoms with van der Waals surface area (Å²) in [6.07, 6.45) is 0.272. The zero-order valence-electron chi connectivity index (χ0n) is 21.8. The number of halogens is 2. The van der Waals surface area contributed by atoms with Crippen LogP contribution in [-0.2, 0) is 19.5 Å². The molecule has 4 aromatic rings. The summed E-state index contributed by atoms with van der Waals surface area (Å²) in [5.74, 6) is -1.21. The number of nitrogens with zero attached hydrogens (tertiary/aromatic N) is 4. The van der Waals surface area contributed by atoms with Crippen molar-refractivity contribution in [3.63, 3.8) is 0 Å². The number of carbonyl (C=O) groups excluding carboxylic acids is 1. The Balaban J connectivity index is 1.46. The molecule has 0 bridgehead atoms. The van der Waals surface area contributed by atoms with Gasteiger partial charge < -0.3 is 20.3 Å². The van der Waals surface area contributed by atoms with Crippen molar-refractivity contribution in [2.75, 3.05) is 24.3 Å². The number of nitrogens with one attached hydrogen (secondary N) is 2. The van der Waals surface area contributed by atoms with Crippen LogP contribution in [0.5, 0.6) is 5.75 Å². The molecule has 0 unspecified atom stereocenters. The van der Waals surface area contributed by atoms with Crippen LogP contribution in [0.4, 0.5) is 30.9 Å². The summed E-state index contributed by atoms with van der Waals surface area (Å²) in [4.78, 5) is 43.4. The van der Waals surface area contributed by atoms with Crippen LogP contribution >= 0.6 is 0 Å². The number of nitro groups is 1. The average molecular weight is 563 g/mol. The maximum Gasteiger partial charge on any atom is 0.322 e. The first-order valence-corrected chi connectivity index (χ1v) is 12.5. The number of aromatic nitrogens is 2. The number of anilines is 2. The number of rotatable bonds is 7. The predicted octanol–water partition coefficient (Wildman–Crippen LogP) is 4.63. The molecule has 1 aliphatic rings. The van der Waals surface area contributed by atoms with Crippen LogP contribution in [0.1, 0.15) is 16.8 Å². The lowest BCUT2D eigenvalue weighted by Crippen LogP contribution is -2.43. The molecule has 0 fully saturated rings. The molecule has 0 saturated heterocycles. The molecule has 3 aromatic carbocycles. The molecule has 5 rings (SSSR count). The SMILES string of the molecule is COc1ccc(CNc2nc3c(c(=O)n2-c2ccc([N+](=O)[O-])cc2)CN(C(=O)Nc2ccc(F)c(F)c2)CC3)cc1. The van der Waals surface area contributed by atoms with Gasteiger partial charge in [0.1, 0.15) is 5.75 Å². The minimum atomic E-state index is -1.10. The highest BCUT2D eigenvalue weighted by Gasteiger charge is 2.27. The van der Waals surface area contributed by atoms with Crippen LogP contribution in [0.3, 0.4) is 0 Å².